The average molecular weight is 289 g/mol. The molecule has 112 valence electrons. The van der Waals surface area contributed by atoms with Gasteiger partial charge in [-0.3, -0.25) is 9.78 Å². The number of carboxylic acid groups (broad SMARTS) is 1. The van der Waals surface area contributed by atoms with Crippen LogP contribution in [0.5, 0.6) is 0 Å². The van der Waals surface area contributed by atoms with E-state index in [1.54, 1.807) is 6.07 Å². The molecule has 1 atom stereocenters. The monoisotopic (exact) mass is 289 g/mol. The Labute approximate surface area is 123 Å². The first-order valence-corrected chi connectivity index (χ1v) is 6.79. The number of nitrogens with zero attached hydrogens (tertiary/aromatic N) is 3. The van der Waals surface area contributed by atoms with E-state index in [-0.39, 0.29) is 5.91 Å². The summed E-state index contributed by atoms with van der Waals surface area (Å²) in [6.07, 6.45) is 6.47. The van der Waals surface area contributed by atoms with Crippen molar-refractivity contribution in [3.63, 3.8) is 0 Å². The number of pyridine rings is 1. The summed E-state index contributed by atoms with van der Waals surface area (Å²) in [6.45, 7) is 1.44. The van der Waals surface area contributed by atoms with Crippen molar-refractivity contribution in [2.24, 2.45) is 0 Å². The molecule has 1 aromatic heterocycles. The first-order valence-electron chi connectivity index (χ1n) is 6.79. The second kappa shape index (κ2) is 6.49. The maximum atomic E-state index is 12.4. The van der Waals surface area contributed by atoms with Crippen LogP contribution >= 0.6 is 0 Å². The smallest absolute Gasteiger partial charge is 0.328 e. The number of carboxylic acids is 1. The zero-order chi connectivity index (χ0) is 15.4. The molecule has 2 rings (SSSR count). The van der Waals surface area contributed by atoms with Gasteiger partial charge < -0.3 is 14.9 Å². The number of likely N-dealkylation sites (tertiary alicyclic amines) is 1. The molecule has 1 amide bonds. The summed E-state index contributed by atoms with van der Waals surface area (Å²) in [5.74, 6) is -1.09. The lowest BCUT2D eigenvalue weighted by Crippen LogP contribution is -2.34. The van der Waals surface area contributed by atoms with Crippen molar-refractivity contribution < 1.29 is 14.7 Å². The van der Waals surface area contributed by atoms with Crippen molar-refractivity contribution >= 4 is 18.0 Å². The van der Waals surface area contributed by atoms with Gasteiger partial charge in [-0.15, -0.1) is 0 Å². The molecular weight excluding hydrogens is 270 g/mol. The molecule has 1 aliphatic heterocycles. The minimum absolute atomic E-state index is 0.0579. The molecule has 0 bridgehead atoms. The lowest BCUT2D eigenvalue weighted by molar-refractivity contribution is -0.131. The zero-order valence-corrected chi connectivity index (χ0v) is 12.2. The maximum Gasteiger partial charge on any atom is 0.328 e. The van der Waals surface area contributed by atoms with Gasteiger partial charge in [0.15, 0.2) is 0 Å². The molecule has 0 aromatic carbocycles. The van der Waals surface area contributed by atoms with E-state index >= 15 is 0 Å². The summed E-state index contributed by atoms with van der Waals surface area (Å²) in [5, 5.41) is 8.62. The number of amides is 1. The lowest BCUT2D eigenvalue weighted by atomic mass is 10.1. The van der Waals surface area contributed by atoms with Gasteiger partial charge >= 0.3 is 5.97 Å². The first kappa shape index (κ1) is 15.2. The van der Waals surface area contributed by atoms with Crippen LogP contribution in [0.1, 0.15) is 22.3 Å². The van der Waals surface area contributed by atoms with Crippen LogP contribution < -0.4 is 0 Å². The summed E-state index contributed by atoms with van der Waals surface area (Å²) in [5.41, 5.74) is 1.09. The number of carbonyl (C=O) groups excluding carboxylic acids is 1. The van der Waals surface area contributed by atoms with Gasteiger partial charge in [0.1, 0.15) is 0 Å². The van der Waals surface area contributed by atoms with Gasteiger partial charge in [-0.2, -0.15) is 0 Å². The van der Waals surface area contributed by atoms with Gasteiger partial charge in [0.05, 0.1) is 5.56 Å². The van der Waals surface area contributed by atoms with Crippen molar-refractivity contribution in [3.8, 4) is 0 Å². The highest BCUT2D eigenvalue weighted by Gasteiger charge is 2.28. The fraction of sp³-hybridized carbons (Fsp3) is 0.400. The quantitative estimate of drug-likeness (QED) is 0.836. The molecule has 1 N–H and O–H groups in total. The molecule has 1 fully saturated rings. The normalized spacial score (nSPS) is 18.6. The fourth-order valence-electron chi connectivity index (χ4n) is 2.36. The topological polar surface area (TPSA) is 73.7 Å². The van der Waals surface area contributed by atoms with E-state index in [2.05, 4.69) is 9.88 Å². The van der Waals surface area contributed by atoms with Crippen LogP contribution in [0.25, 0.3) is 6.08 Å². The second-order valence-electron chi connectivity index (χ2n) is 5.34. The van der Waals surface area contributed by atoms with Crippen molar-refractivity contribution in [2.75, 3.05) is 27.2 Å². The average Bonchev–Trinajstić information content (AvgIpc) is 2.94. The molecule has 0 aliphatic carbocycles. The van der Waals surface area contributed by atoms with Crippen LogP contribution in [0.15, 0.2) is 24.5 Å². The number of carbonyl (C=O) groups is 2. The number of aliphatic carboxylic acids is 1. The Balaban J connectivity index is 2.10. The third-order valence-corrected chi connectivity index (χ3v) is 3.61. The van der Waals surface area contributed by atoms with Gasteiger partial charge in [-0.1, -0.05) is 0 Å². The van der Waals surface area contributed by atoms with Crippen molar-refractivity contribution in [3.05, 3.63) is 35.7 Å². The van der Waals surface area contributed by atoms with E-state index in [4.69, 9.17) is 5.11 Å². The maximum absolute atomic E-state index is 12.4. The van der Waals surface area contributed by atoms with E-state index in [9.17, 15) is 9.59 Å². The Hall–Kier alpha value is -2.21. The molecule has 1 aliphatic rings. The molecule has 1 aromatic rings. The summed E-state index contributed by atoms with van der Waals surface area (Å²) in [6, 6.07) is 2.05. The molecule has 21 heavy (non-hydrogen) atoms. The molecule has 1 unspecified atom stereocenters. The van der Waals surface area contributed by atoms with Gasteiger partial charge in [0.25, 0.3) is 5.91 Å². The minimum atomic E-state index is -1.03. The molecular formula is C15H19N3O3. The van der Waals surface area contributed by atoms with Gasteiger partial charge in [0.2, 0.25) is 0 Å². The summed E-state index contributed by atoms with van der Waals surface area (Å²) in [7, 11) is 4.02. The van der Waals surface area contributed by atoms with Crippen LogP contribution in [-0.4, -0.2) is 65.0 Å². The largest absolute Gasteiger partial charge is 0.478 e. The lowest BCUT2D eigenvalue weighted by Gasteiger charge is -2.20. The molecule has 0 saturated carbocycles. The Morgan fingerprint density at radius 3 is 2.81 bits per heavy atom. The van der Waals surface area contributed by atoms with Gasteiger partial charge in [-0.05, 0) is 38.2 Å². The highest BCUT2D eigenvalue weighted by atomic mass is 16.4. The van der Waals surface area contributed by atoms with E-state index in [1.807, 2.05) is 19.0 Å². The molecule has 6 nitrogen and oxygen atoms in total. The van der Waals surface area contributed by atoms with Crippen molar-refractivity contribution in [2.45, 2.75) is 12.5 Å². The van der Waals surface area contributed by atoms with Gasteiger partial charge in [0, 0.05) is 37.6 Å². The van der Waals surface area contributed by atoms with Gasteiger partial charge in [-0.25, -0.2) is 4.79 Å². The van der Waals surface area contributed by atoms with Crippen LogP contribution in [-0.2, 0) is 4.79 Å². The van der Waals surface area contributed by atoms with E-state index in [1.165, 1.54) is 18.5 Å². The Kier molecular flexibility index (Phi) is 4.70. The summed E-state index contributed by atoms with van der Waals surface area (Å²) < 4.78 is 0. The van der Waals surface area contributed by atoms with Crippen LogP contribution in [0, 0.1) is 0 Å². The predicted octanol–water partition coefficient (Wildman–Crippen LogP) is 0.956. The Bertz CT molecular complexity index is 569. The van der Waals surface area contributed by atoms with E-state index < -0.39 is 5.97 Å². The Morgan fingerprint density at radius 2 is 2.19 bits per heavy atom. The number of rotatable bonds is 4. The molecule has 6 heteroatoms. The number of hydrogen-bond donors (Lipinski definition) is 1. The molecule has 1 saturated heterocycles. The SMILES string of the molecule is CN(C)C1CCN(C(=O)c2cncc(C=CC(=O)O)c2)C1. The highest BCUT2D eigenvalue weighted by Crippen LogP contribution is 2.17. The molecule has 0 radical (unpaired) electrons. The van der Waals surface area contributed by atoms with E-state index in [0.717, 1.165) is 19.0 Å². The van der Waals surface area contributed by atoms with Crippen molar-refractivity contribution in [1.29, 1.82) is 0 Å². The number of likely N-dealkylation sites (N-methyl/N-ethyl adjacent to an activating group) is 1. The summed E-state index contributed by atoms with van der Waals surface area (Å²) in [4.78, 5) is 30.9. The minimum Gasteiger partial charge on any atom is -0.478 e. The predicted molar refractivity (Wildman–Crippen MR) is 78.9 cm³/mol. The second-order valence-corrected chi connectivity index (χ2v) is 5.34. The summed E-state index contributed by atoms with van der Waals surface area (Å²) >= 11 is 0. The zero-order valence-electron chi connectivity index (χ0n) is 12.2. The van der Waals surface area contributed by atoms with E-state index in [0.29, 0.717) is 23.7 Å². The molecule has 2 heterocycles. The Morgan fingerprint density at radius 1 is 1.43 bits per heavy atom. The molecule has 0 spiro atoms. The third kappa shape index (κ3) is 3.88. The number of aromatic nitrogens is 1. The standard InChI is InChI=1S/C15H19N3O3/c1-17(2)13-5-6-18(10-13)15(21)12-7-11(8-16-9-12)3-4-14(19)20/h3-4,7-9,13H,5-6,10H2,1-2H3,(H,19,20). The van der Waals surface area contributed by atoms with Crippen molar-refractivity contribution in [1.82, 2.24) is 14.8 Å². The fourth-order valence-corrected chi connectivity index (χ4v) is 2.36. The van der Waals surface area contributed by atoms with Crippen LogP contribution in [0.4, 0.5) is 0 Å². The number of hydrogen-bond acceptors (Lipinski definition) is 4. The first-order chi connectivity index (χ1) is 9.97. The van der Waals surface area contributed by atoms with Crippen LogP contribution in [0.2, 0.25) is 0 Å². The highest BCUT2D eigenvalue weighted by molar-refractivity contribution is 5.95. The third-order valence-electron chi connectivity index (χ3n) is 3.61. The van der Waals surface area contributed by atoms with Crippen LogP contribution in [0.3, 0.4) is 0 Å².